The molecule has 1 unspecified atom stereocenters. The van der Waals surface area contributed by atoms with E-state index in [1.54, 1.807) is 19.0 Å². The van der Waals surface area contributed by atoms with E-state index in [9.17, 15) is 4.79 Å². The van der Waals surface area contributed by atoms with E-state index >= 15 is 0 Å². The number of carbonyl (C=O) groups is 1. The lowest BCUT2D eigenvalue weighted by atomic mass is 9.82. The first kappa shape index (κ1) is 22.9. The summed E-state index contributed by atoms with van der Waals surface area (Å²) in [6.45, 7) is 5.90. The van der Waals surface area contributed by atoms with Crippen LogP contribution in [0.1, 0.15) is 31.7 Å². The van der Waals surface area contributed by atoms with E-state index in [1.165, 1.54) is 5.56 Å². The molecular formula is C21H33IN4O2. The summed E-state index contributed by atoms with van der Waals surface area (Å²) in [7, 11) is 3.54. The van der Waals surface area contributed by atoms with Gasteiger partial charge < -0.3 is 19.9 Å². The molecular weight excluding hydrogens is 467 g/mol. The molecule has 0 aliphatic carbocycles. The van der Waals surface area contributed by atoms with E-state index in [0.29, 0.717) is 6.04 Å². The summed E-state index contributed by atoms with van der Waals surface area (Å²) in [6, 6.07) is 11.0. The van der Waals surface area contributed by atoms with Gasteiger partial charge in [-0.25, -0.2) is 4.99 Å². The fourth-order valence-corrected chi connectivity index (χ4v) is 3.76. The van der Waals surface area contributed by atoms with E-state index in [2.05, 4.69) is 52.5 Å². The van der Waals surface area contributed by atoms with Crippen LogP contribution >= 0.6 is 24.0 Å². The summed E-state index contributed by atoms with van der Waals surface area (Å²) in [5, 5.41) is 3.61. The van der Waals surface area contributed by atoms with Crippen molar-refractivity contribution in [2.45, 2.75) is 37.6 Å². The van der Waals surface area contributed by atoms with Gasteiger partial charge in [-0.2, -0.15) is 0 Å². The van der Waals surface area contributed by atoms with Crippen molar-refractivity contribution in [2.75, 3.05) is 46.9 Å². The summed E-state index contributed by atoms with van der Waals surface area (Å²) in [5.74, 6) is 0.878. The molecule has 2 saturated heterocycles. The molecule has 2 aliphatic rings. The molecule has 156 valence electrons. The first-order chi connectivity index (χ1) is 13.0. The van der Waals surface area contributed by atoms with Crippen molar-refractivity contribution in [3.63, 3.8) is 0 Å². The number of ether oxygens (including phenoxy) is 1. The molecule has 3 rings (SSSR count). The molecule has 1 atom stereocenters. The Labute approximate surface area is 185 Å². The molecule has 0 spiro atoms. The number of nitrogens with one attached hydrogen (secondary N) is 1. The molecule has 0 saturated carbocycles. The van der Waals surface area contributed by atoms with Crippen LogP contribution in [0.2, 0.25) is 0 Å². The predicted octanol–water partition coefficient (Wildman–Crippen LogP) is 2.48. The summed E-state index contributed by atoms with van der Waals surface area (Å²) < 4.78 is 5.47. The number of halogens is 1. The van der Waals surface area contributed by atoms with Crippen LogP contribution < -0.4 is 5.32 Å². The van der Waals surface area contributed by atoms with Crippen molar-refractivity contribution in [1.29, 1.82) is 0 Å². The maximum absolute atomic E-state index is 12.1. The van der Waals surface area contributed by atoms with Gasteiger partial charge in [-0.05, 0) is 24.8 Å². The molecule has 28 heavy (non-hydrogen) atoms. The highest BCUT2D eigenvalue weighted by atomic mass is 127. The molecule has 0 radical (unpaired) electrons. The van der Waals surface area contributed by atoms with Crippen LogP contribution in [-0.2, 0) is 14.9 Å². The molecule has 2 fully saturated rings. The normalized spacial score (nSPS) is 23.2. The van der Waals surface area contributed by atoms with Gasteiger partial charge in [0.1, 0.15) is 6.54 Å². The lowest BCUT2D eigenvalue weighted by Gasteiger charge is -2.31. The quantitative estimate of drug-likeness (QED) is 0.392. The fourth-order valence-electron chi connectivity index (χ4n) is 3.76. The van der Waals surface area contributed by atoms with E-state index in [0.717, 1.165) is 51.5 Å². The second-order valence-electron chi connectivity index (χ2n) is 8.06. The Hall–Kier alpha value is -1.35. The SMILES string of the molecule is CN(C)C(=O)CN=C(NC1CCOCC1)N1CCC(C)(c2ccccc2)C1.I. The third kappa shape index (κ3) is 5.83. The Kier molecular flexibility index (Phi) is 8.55. The van der Waals surface area contributed by atoms with Gasteiger partial charge in [0.2, 0.25) is 5.91 Å². The highest BCUT2D eigenvalue weighted by molar-refractivity contribution is 14.0. The average molecular weight is 500 g/mol. The number of hydrogen-bond acceptors (Lipinski definition) is 3. The van der Waals surface area contributed by atoms with Crippen LogP contribution in [0, 0.1) is 0 Å². The zero-order chi connectivity index (χ0) is 19.3. The smallest absolute Gasteiger partial charge is 0.243 e. The third-order valence-corrected chi connectivity index (χ3v) is 5.66. The van der Waals surface area contributed by atoms with Crippen molar-refractivity contribution in [3.05, 3.63) is 35.9 Å². The Balaban J connectivity index is 0.00000280. The summed E-state index contributed by atoms with van der Waals surface area (Å²) in [6.07, 6.45) is 3.03. The van der Waals surface area contributed by atoms with Gasteiger partial charge in [0.25, 0.3) is 0 Å². The Bertz CT molecular complexity index is 662. The van der Waals surface area contributed by atoms with Gasteiger partial charge in [0.05, 0.1) is 0 Å². The zero-order valence-corrected chi connectivity index (χ0v) is 19.5. The van der Waals surface area contributed by atoms with E-state index in [-0.39, 0.29) is 41.8 Å². The van der Waals surface area contributed by atoms with Gasteiger partial charge >= 0.3 is 0 Å². The monoisotopic (exact) mass is 500 g/mol. The Morgan fingerprint density at radius 3 is 2.61 bits per heavy atom. The number of rotatable bonds is 4. The second-order valence-corrected chi connectivity index (χ2v) is 8.06. The number of benzene rings is 1. The number of carbonyl (C=O) groups excluding carboxylic acids is 1. The van der Waals surface area contributed by atoms with Crippen molar-refractivity contribution in [3.8, 4) is 0 Å². The number of aliphatic imine (C=N–C) groups is 1. The van der Waals surface area contributed by atoms with Crippen LogP contribution in [0.25, 0.3) is 0 Å². The minimum atomic E-state index is 0. The van der Waals surface area contributed by atoms with Crippen LogP contribution in [0.5, 0.6) is 0 Å². The van der Waals surface area contributed by atoms with Gasteiger partial charge in [0.15, 0.2) is 5.96 Å². The first-order valence-corrected chi connectivity index (χ1v) is 9.87. The molecule has 1 aromatic rings. The number of amides is 1. The zero-order valence-electron chi connectivity index (χ0n) is 17.2. The maximum Gasteiger partial charge on any atom is 0.243 e. The van der Waals surface area contributed by atoms with Gasteiger partial charge in [-0.1, -0.05) is 37.3 Å². The van der Waals surface area contributed by atoms with Gasteiger partial charge in [-0.3, -0.25) is 4.79 Å². The number of hydrogen-bond donors (Lipinski definition) is 1. The number of likely N-dealkylation sites (N-methyl/N-ethyl adjacent to an activating group) is 1. The largest absolute Gasteiger partial charge is 0.381 e. The average Bonchev–Trinajstić information content (AvgIpc) is 3.09. The number of nitrogens with zero attached hydrogens (tertiary/aromatic N) is 3. The summed E-state index contributed by atoms with van der Waals surface area (Å²) >= 11 is 0. The lowest BCUT2D eigenvalue weighted by molar-refractivity contribution is -0.127. The molecule has 2 heterocycles. The molecule has 1 N–H and O–H groups in total. The van der Waals surface area contributed by atoms with Crippen molar-refractivity contribution >= 4 is 35.8 Å². The molecule has 1 aromatic carbocycles. The topological polar surface area (TPSA) is 57.2 Å². The molecule has 2 aliphatic heterocycles. The molecule has 6 nitrogen and oxygen atoms in total. The lowest BCUT2D eigenvalue weighted by Crippen LogP contribution is -2.48. The van der Waals surface area contributed by atoms with Crippen LogP contribution in [0.4, 0.5) is 0 Å². The van der Waals surface area contributed by atoms with E-state index in [1.807, 2.05) is 0 Å². The minimum absolute atomic E-state index is 0. The highest BCUT2D eigenvalue weighted by Gasteiger charge is 2.37. The fraction of sp³-hybridized carbons (Fsp3) is 0.619. The number of likely N-dealkylation sites (tertiary alicyclic amines) is 1. The van der Waals surface area contributed by atoms with E-state index < -0.39 is 0 Å². The van der Waals surface area contributed by atoms with Crippen molar-refractivity contribution < 1.29 is 9.53 Å². The standard InChI is InChI=1S/C21H32N4O2.HI/c1-21(17-7-5-4-6-8-17)11-12-25(16-21)20(22-15-19(26)24(2)3)23-18-9-13-27-14-10-18;/h4-8,18H,9-16H2,1-3H3,(H,22,23);1H. The molecule has 0 aromatic heterocycles. The maximum atomic E-state index is 12.1. The van der Waals surface area contributed by atoms with Crippen molar-refractivity contribution in [2.24, 2.45) is 4.99 Å². The van der Waals surface area contributed by atoms with Gasteiger partial charge in [0, 0.05) is 51.9 Å². The molecule has 7 heteroatoms. The Morgan fingerprint density at radius 2 is 1.96 bits per heavy atom. The molecule has 1 amide bonds. The minimum Gasteiger partial charge on any atom is -0.381 e. The van der Waals surface area contributed by atoms with Crippen LogP contribution in [0.3, 0.4) is 0 Å². The summed E-state index contributed by atoms with van der Waals surface area (Å²) in [5.41, 5.74) is 1.47. The van der Waals surface area contributed by atoms with Crippen molar-refractivity contribution in [1.82, 2.24) is 15.1 Å². The van der Waals surface area contributed by atoms with Crippen LogP contribution in [-0.4, -0.2) is 74.7 Å². The predicted molar refractivity (Wildman–Crippen MR) is 123 cm³/mol. The third-order valence-electron chi connectivity index (χ3n) is 5.66. The van der Waals surface area contributed by atoms with E-state index in [4.69, 9.17) is 4.74 Å². The van der Waals surface area contributed by atoms with Crippen LogP contribution in [0.15, 0.2) is 35.3 Å². The summed E-state index contributed by atoms with van der Waals surface area (Å²) in [4.78, 5) is 20.6. The van der Waals surface area contributed by atoms with Gasteiger partial charge in [-0.15, -0.1) is 24.0 Å². The number of guanidine groups is 1. The Morgan fingerprint density at radius 1 is 1.29 bits per heavy atom. The first-order valence-electron chi connectivity index (χ1n) is 9.87. The highest BCUT2D eigenvalue weighted by Crippen LogP contribution is 2.34. The second kappa shape index (κ2) is 10.4. The molecule has 0 bridgehead atoms.